The second-order valence-corrected chi connectivity index (χ2v) is 4.66. The van der Waals surface area contributed by atoms with E-state index in [4.69, 9.17) is 4.74 Å². The Bertz CT molecular complexity index is 307. The molecule has 17 heavy (non-hydrogen) atoms. The largest absolute Gasteiger partial charge is 0.378 e. The quantitative estimate of drug-likeness (QED) is 0.735. The SMILES string of the molecule is CC(C)OCCNCc1ccc(N(C)C)cc1. The zero-order chi connectivity index (χ0) is 12.7. The average Bonchev–Trinajstić information content (AvgIpc) is 2.29. The molecule has 0 spiro atoms. The van der Waals surface area contributed by atoms with E-state index >= 15 is 0 Å². The monoisotopic (exact) mass is 236 g/mol. The molecule has 0 unspecified atom stereocenters. The first kappa shape index (κ1) is 14.0. The summed E-state index contributed by atoms with van der Waals surface area (Å²) < 4.78 is 5.46. The predicted octanol–water partition coefficient (Wildman–Crippen LogP) is 2.27. The smallest absolute Gasteiger partial charge is 0.0594 e. The van der Waals surface area contributed by atoms with Gasteiger partial charge in [-0.1, -0.05) is 12.1 Å². The zero-order valence-electron chi connectivity index (χ0n) is 11.4. The zero-order valence-corrected chi connectivity index (χ0v) is 11.4. The minimum Gasteiger partial charge on any atom is -0.378 e. The van der Waals surface area contributed by atoms with Gasteiger partial charge in [-0.05, 0) is 31.5 Å². The van der Waals surface area contributed by atoms with Crippen LogP contribution in [-0.2, 0) is 11.3 Å². The van der Waals surface area contributed by atoms with Crippen LogP contribution in [0.4, 0.5) is 5.69 Å². The lowest BCUT2D eigenvalue weighted by Gasteiger charge is -2.13. The van der Waals surface area contributed by atoms with Gasteiger partial charge in [0, 0.05) is 32.9 Å². The lowest BCUT2D eigenvalue weighted by atomic mass is 10.2. The fraction of sp³-hybridized carbons (Fsp3) is 0.571. The molecule has 0 saturated carbocycles. The van der Waals surface area contributed by atoms with Crippen molar-refractivity contribution in [3.63, 3.8) is 0 Å². The molecule has 0 atom stereocenters. The highest BCUT2D eigenvalue weighted by Gasteiger charge is 1.96. The van der Waals surface area contributed by atoms with Gasteiger partial charge in [0.05, 0.1) is 12.7 Å². The number of hydrogen-bond acceptors (Lipinski definition) is 3. The molecule has 3 heteroatoms. The summed E-state index contributed by atoms with van der Waals surface area (Å²) in [7, 11) is 4.10. The summed E-state index contributed by atoms with van der Waals surface area (Å²) in [5.74, 6) is 0. The Morgan fingerprint density at radius 3 is 2.35 bits per heavy atom. The first-order valence-corrected chi connectivity index (χ1v) is 6.18. The van der Waals surface area contributed by atoms with E-state index in [-0.39, 0.29) is 0 Å². The number of anilines is 1. The van der Waals surface area contributed by atoms with Gasteiger partial charge in [0.2, 0.25) is 0 Å². The number of nitrogens with one attached hydrogen (secondary N) is 1. The molecule has 0 radical (unpaired) electrons. The van der Waals surface area contributed by atoms with Crippen LogP contribution in [0.5, 0.6) is 0 Å². The summed E-state index contributed by atoms with van der Waals surface area (Å²) in [5, 5.41) is 3.37. The van der Waals surface area contributed by atoms with Crippen LogP contribution in [0, 0.1) is 0 Å². The summed E-state index contributed by atoms with van der Waals surface area (Å²) >= 11 is 0. The topological polar surface area (TPSA) is 24.5 Å². The molecule has 0 saturated heterocycles. The molecule has 1 rings (SSSR count). The Labute approximate surface area is 105 Å². The third-order valence-corrected chi connectivity index (χ3v) is 2.51. The van der Waals surface area contributed by atoms with Gasteiger partial charge in [-0.3, -0.25) is 0 Å². The van der Waals surface area contributed by atoms with Crippen LogP contribution >= 0.6 is 0 Å². The summed E-state index contributed by atoms with van der Waals surface area (Å²) in [4.78, 5) is 2.10. The molecule has 0 bridgehead atoms. The average molecular weight is 236 g/mol. The number of hydrogen-bond donors (Lipinski definition) is 1. The fourth-order valence-corrected chi connectivity index (χ4v) is 1.51. The van der Waals surface area contributed by atoms with Gasteiger partial charge in [-0.2, -0.15) is 0 Å². The second kappa shape index (κ2) is 7.30. The van der Waals surface area contributed by atoms with E-state index < -0.39 is 0 Å². The van der Waals surface area contributed by atoms with Crippen molar-refractivity contribution >= 4 is 5.69 Å². The van der Waals surface area contributed by atoms with E-state index in [1.165, 1.54) is 11.3 Å². The maximum Gasteiger partial charge on any atom is 0.0594 e. The predicted molar refractivity (Wildman–Crippen MR) is 73.6 cm³/mol. The molecule has 0 aliphatic rings. The van der Waals surface area contributed by atoms with E-state index in [1.807, 2.05) is 0 Å². The number of benzene rings is 1. The van der Waals surface area contributed by atoms with Crippen molar-refractivity contribution in [2.45, 2.75) is 26.5 Å². The molecule has 1 aromatic carbocycles. The van der Waals surface area contributed by atoms with Crippen molar-refractivity contribution in [3.8, 4) is 0 Å². The lowest BCUT2D eigenvalue weighted by Crippen LogP contribution is -2.21. The van der Waals surface area contributed by atoms with Crippen LogP contribution in [0.1, 0.15) is 19.4 Å². The Balaban J connectivity index is 2.23. The summed E-state index contributed by atoms with van der Waals surface area (Å²) in [5.41, 5.74) is 2.54. The van der Waals surface area contributed by atoms with Crippen LogP contribution in [-0.4, -0.2) is 33.4 Å². The van der Waals surface area contributed by atoms with Crippen molar-refractivity contribution in [1.82, 2.24) is 5.32 Å². The van der Waals surface area contributed by atoms with Crippen LogP contribution in [0.2, 0.25) is 0 Å². The van der Waals surface area contributed by atoms with Crippen molar-refractivity contribution in [3.05, 3.63) is 29.8 Å². The highest BCUT2D eigenvalue weighted by molar-refractivity contribution is 5.45. The summed E-state index contributed by atoms with van der Waals surface area (Å²) in [6, 6.07) is 8.60. The molecule has 1 N–H and O–H groups in total. The molecule has 1 aromatic rings. The molecule has 3 nitrogen and oxygen atoms in total. The number of rotatable bonds is 7. The maximum absolute atomic E-state index is 5.46. The molecule has 0 aromatic heterocycles. The van der Waals surface area contributed by atoms with Gasteiger partial charge in [-0.15, -0.1) is 0 Å². The summed E-state index contributed by atoms with van der Waals surface area (Å²) in [6.45, 7) is 6.68. The molecule has 0 amide bonds. The highest BCUT2D eigenvalue weighted by Crippen LogP contribution is 2.11. The number of ether oxygens (including phenoxy) is 1. The van der Waals surface area contributed by atoms with E-state index in [2.05, 4.69) is 62.4 Å². The third kappa shape index (κ3) is 5.71. The minimum atomic E-state index is 0.316. The van der Waals surface area contributed by atoms with Crippen molar-refractivity contribution in [2.24, 2.45) is 0 Å². The van der Waals surface area contributed by atoms with E-state index in [1.54, 1.807) is 0 Å². The standard InChI is InChI=1S/C14H24N2O/c1-12(2)17-10-9-15-11-13-5-7-14(8-6-13)16(3)4/h5-8,12,15H,9-11H2,1-4H3. The Morgan fingerprint density at radius 2 is 1.82 bits per heavy atom. The molecular formula is C14H24N2O. The van der Waals surface area contributed by atoms with Crippen molar-refractivity contribution in [2.75, 3.05) is 32.1 Å². The Hall–Kier alpha value is -1.06. The second-order valence-electron chi connectivity index (χ2n) is 4.66. The molecule has 0 aliphatic heterocycles. The van der Waals surface area contributed by atoms with Crippen molar-refractivity contribution in [1.29, 1.82) is 0 Å². The van der Waals surface area contributed by atoms with E-state index in [0.717, 1.165) is 19.7 Å². The van der Waals surface area contributed by atoms with Gasteiger partial charge in [-0.25, -0.2) is 0 Å². The Morgan fingerprint density at radius 1 is 1.18 bits per heavy atom. The van der Waals surface area contributed by atoms with Crippen molar-refractivity contribution < 1.29 is 4.74 Å². The maximum atomic E-state index is 5.46. The van der Waals surface area contributed by atoms with Gasteiger partial charge in [0.15, 0.2) is 0 Å². The minimum absolute atomic E-state index is 0.316. The molecule has 96 valence electrons. The third-order valence-electron chi connectivity index (χ3n) is 2.51. The molecule has 0 aliphatic carbocycles. The van der Waals surface area contributed by atoms with Crippen LogP contribution < -0.4 is 10.2 Å². The summed E-state index contributed by atoms with van der Waals surface area (Å²) in [6.07, 6.45) is 0.316. The molecular weight excluding hydrogens is 212 g/mol. The fourth-order valence-electron chi connectivity index (χ4n) is 1.51. The first-order chi connectivity index (χ1) is 8.09. The van der Waals surface area contributed by atoms with Crippen LogP contribution in [0.25, 0.3) is 0 Å². The van der Waals surface area contributed by atoms with Gasteiger partial charge in [0.1, 0.15) is 0 Å². The lowest BCUT2D eigenvalue weighted by molar-refractivity contribution is 0.0807. The van der Waals surface area contributed by atoms with E-state index in [0.29, 0.717) is 6.10 Å². The van der Waals surface area contributed by atoms with Gasteiger partial charge in [0.25, 0.3) is 0 Å². The molecule has 0 fully saturated rings. The van der Waals surface area contributed by atoms with E-state index in [9.17, 15) is 0 Å². The highest BCUT2D eigenvalue weighted by atomic mass is 16.5. The normalized spacial score (nSPS) is 10.9. The number of nitrogens with zero attached hydrogens (tertiary/aromatic N) is 1. The first-order valence-electron chi connectivity index (χ1n) is 6.18. The van der Waals surface area contributed by atoms with Crippen LogP contribution in [0.15, 0.2) is 24.3 Å². The molecule has 0 heterocycles. The van der Waals surface area contributed by atoms with Gasteiger partial charge < -0.3 is 15.0 Å². The van der Waals surface area contributed by atoms with Gasteiger partial charge >= 0.3 is 0 Å². The Kier molecular flexibility index (Phi) is 6.01. The van der Waals surface area contributed by atoms with Crippen LogP contribution in [0.3, 0.4) is 0 Å².